The molecule has 2 N–H and O–H groups in total. The van der Waals surface area contributed by atoms with Crippen molar-refractivity contribution in [2.75, 3.05) is 26.1 Å². The molecule has 0 aliphatic heterocycles. The molecule has 0 aliphatic rings. The number of nitrogen functional groups attached to an aromatic ring is 1. The van der Waals surface area contributed by atoms with Crippen LogP contribution in [0.1, 0.15) is 17.3 Å². The van der Waals surface area contributed by atoms with Gasteiger partial charge in [0.05, 0.1) is 5.56 Å². The smallest absolute Gasteiger partial charge is 0.257 e. The lowest BCUT2D eigenvalue weighted by atomic mass is 10.1. The Hall–Kier alpha value is -1.55. The number of carbonyl (C=O) groups excluding carboxylic acids is 1. The first-order valence-electron chi connectivity index (χ1n) is 4.83. The Bertz CT molecular complexity index is 339. The maximum atomic E-state index is 12.0. The van der Waals surface area contributed by atoms with E-state index in [0.717, 1.165) is 0 Å². The van der Waals surface area contributed by atoms with Crippen molar-refractivity contribution < 1.29 is 9.53 Å². The molecule has 15 heavy (non-hydrogen) atoms. The van der Waals surface area contributed by atoms with Crippen LogP contribution in [0, 0.1) is 0 Å². The molecule has 0 aliphatic carbocycles. The molecule has 0 radical (unpaired) electrons. The number of nitrogens with two attached hydrogens (primary N) is 1. The van der Waals surface area contributed by atoms with Crippen molar-refractivity contribution in [2.45, 2.75) is 6.92 Å². The zero-order valence-corrected chi connectivity index (χ0v) is 9.06. The highest BCUT2D eigenvalue weighted by Crippen LogP contribution is 2.13. The summed E-state index contributed by atoms with van der Waals surface area (Å²) in [5.74, 6) is -0.0996. The molecule has 1 rings (SSSR count). The second-order valence-corrected chi connectivity index (χ2v) is 3.17. The highest BCUT2D eigenvalue weighted by atomic mass is 16.5. The van der Waals surface area contributed by atoms with Crippen LogP contribution in [0.15, 0.2) is 24.3 Å². The van der Waals surface area contributed by atoms with Gasteiger partial charge in [-0.25, -0.2) is 0 Å². The normalized spacial score (nSPS) is 10.0. The van der Waals surface area contributed by atoms with E-state index in [-0.39, 0.29) is 12.6 Å². The van der Waals surface area contributed by atoms with Crippen molar-refractivity contribution in [3.05, 3.63) is 29.8 Å². The fourth-order valence-corrected chi connectivity index (χ4v) is 1.31. The highest BCUT2D eigenvalue weighted by Gasteiger charge is 2.15. The quantitative estimate of drug-likeness (QED) is 0.600. The molecule has 0 saturated heterocycles. The molecule has 0 fully saturated rings. The summed E-state index contributed by atoms with van der Waals surface area (Å²) in [5, 5.41) is 0. The van der Waals surface area contributed by atoms with E-state index in [4.69, 9.17) is 10.5 Å². The van der Waals surface area contributed by atoms with Crippen LogP contribution < -0.4 is 5.73 Å². The summed E-state index contributed by atoms with van der Waals surface area (Å²) in [7, 11) is 1.56. The summed E-state index contributed by atoms with van der Waals surface area (Å²) in [4.78, 5) is 13.5. The number of carbonyl (C=O) groups is 1. The zero-order valence-electron chi connectivity index (χ0n) is 9.06. The fraction of sp³-hybridized carbons (Fsp3) is 0.364. The van der Waals surface area contributed by atoms with E-state index in [0.29, 0.717) is 17.8 Å². The number of benzene rings is 1. The first kappa shape index (κ1) is 11.5. The van der Waals surface area contributed by atoms with Gasteiger partial charge >= 0.3 is 0 Å². The lowest BCUT2D eigenvalue weighted by Crippen LogP contribution is -2.33. The van der Waals surface area contributed by atoms with Gasteiger partial charge in [0, 0.05) is 19.3 Å². The third-order valence-electron chi connectivity index (χ3n) is 2.15. The number of methoxy groups -OCH3 is 1. The van der Waals surface area contributed by atoms with Crippen LogP contribution in [0.4, 0.5) is 5.69 Å². The predicted molar refractivity (Wildman–Crippen MR) is 59.4 cm³/mol. The third kappa shape index (κ3) is 2.70. The summed E-state index contributed by atoms with van der Waals surface area (Å²) in [5.41, 5.74) is 6.74. The Labute approximate surface area is 89.6 Å². The van der Waals surface area contributed by atoms with Gasteiger partial charge in [-0.1, -0.05) is 12.1 Å². The van der Waals surface area contributed by atoms with Crippen LogP contribution in [0.2, 0.25) is 0 Å². The van der Waals surface area contributed by atoms with Gasteiger partial charge in [-0.15, -0.1) is 0 Å². The van der Waals surface area contributed by atoms with E-state index >= 15 is 0 Å². The lowest BCUT2D eigenvalue weighted by molar-refractivity contribution is 0.0438. The molecule has 4 heteroatoms. The first-order chi connectivity index (χ1) is 7.20. The Balaban J connectivity index is 2.88. The fourth-order valence-electron chi connectivity index (χ4n) is 1.31. The number of hydrogen-bond donors (Lipinski definition) is 1. The topological polar surface area (TPSA) is 55.6 Å². The van der Waals surface area contributed by atoms with Crippen LogP contribution in [0.3, 0.4) is 0 Å². The number of para-hydroxylation sites is 1. The molecule has 0 saturated carbocycles. The van der Waals surface area contributed by atoms with E-state index in [1.54, 1.807) is 36.3 Å². The first-order valence-corrected chi connectivity index (χ1v) is 4.83. The minimum atomic E-state index is -0.0996. The maximum absolute atomic E-state index is 12.0. The van der Waals surface area contributed by atoms with E-state index in [2.05, 4.69) is 0 Å². The molecule has 82 valence electrons. The molecule has 4 nitrogen and oxygen atoms in total. The van der Waals surface area contributed by atoms with Crippen LogP contribution in [-0.4, -0.2) is 31.2 Å². The number of amides is 1. The molecule has 0 atom stereocenters. The number of hydrogen-bond acceptors (Lipinski definition) is 3. The molecule has 1 amide bonds. The van der Waals surface area contributed by atoms with Crippen molar-refractivity contribution in [3.63, 3.8) is 0 Å². The Morgan fingerprint density at radius 2 is 2.13 bits per heavy atom. The molecule has 0 heterocycles. The molecule has 0 aromatic heterocycles. The average molecular weight is 208 g/mol. The van der Waals surface area contributed by atoms with Crippen molar-refractivity contribution in [2.24, 2.45) is 0 Å². The predicted octanol–water partition coefficient (Wildman–Crippen LogP) is 1.33. The monoisotopic (exact) mass is 208 g/mol. The second kappa shape index (κ2) is 5.36. The van der Waals surface area contributed by atoms with E-state index in [1.165, 1.54) is 0 Å². The van der Waals surface area contributed by atoms with E-state index in [1.807, 2.05) is 6.92 Å². The van der Waals surface area contributed by atoms with Gasteiger partial charge in [0.25, 0.3) is 5.91 Å². The molecule has 0 spiro atoms. The Kier molecular flexibility index (Phi) is 4.12. The van der Waals surface area contributed by atoms with Crippen molar-refractivity contribution in [1.29, 1.82) is 0 Å². The van der Waals surface area contributed by atoms with E-state index in [9.17, 15) is 4.79 Å². The Morgan fingerprint density at radius 3 is 2.67 bits per heavy atom. The summed E-state index contributed by atoms with van der Waals surface area (Å²) in [6.07, 6.45) is 0. The largest absolute Gasteiger partial charge is 0.398 e. The van der Waals surface area contributed by atoms with Crippen LogP contribution in [0.25, 0.3) is 0 Å². The summed E-state index contributed by atoms with van der Waals surface area (Å²) in [6, 6.07) is 7.03. The van der Waals surface area contributed by atoms with Crippen molar-refractivity contribution in [3.8, 4) is 0 Å². The van der Waals surface area contributed by atoms with Crippen LogP contribution in [-0.2, 0) is 4.74 Å². The highest BCUT2D eigenvalue weighted by molar-refractivity contribution is 5.98. The average Bonchev–Trinajstić information content (AvgIpc) is 2.25. The molecule has 1 aromatic carbocycles. The molecule has 0 bridgehead atoms. The lowest BCUT2D eigenvalue weighted by Gasteiger charge is -2.20. The number of ether oxygens (including phenoxy) is 1. The van der Waals surface area contributed by atoms with Gasteiger partial charge in [0.1, 0.15) is 6.73 Å². The zero-order chi connectivity index (χ0) is 11.3. The van der Waals surface area contributed by atoms with Gasteiger partial charge in [-0.3, -0.25) is 4.79 Å². The van der Waals surface area contributed by atoms with Crippen LogP contribution in [0.5, 0.6) is 0 Å². The molecular weight excluding hydrogens is 192 g/mol. The van der Waals surface area contributed by atoms with Gasteiger partial charge in [0.15, 0.2) is 0 Å². The van der Waals surface area contributed by atoms with Crippen molar-refractivity contribution >= 4 is 11.6 Å². The van der Waals surface area contributed by atoms with Crippen LogP contribution >= 0.6 is 0 Å². The molecule has 0 unspecified atom stereocenters. The summed E-state index contributed by atoms with van der Waals surface area (Å²) < 4.78 is 4.94. The number of nitrogens with zero attached hydrogens (tertiary/aromatic N) is 1. The van der Waals surface area contributed by atoms with Gasteiger partial charge < -0.3 is 15.4 Å². The Morgan fingerprint density at radius 1 is 1.47 bits per heavy atom. The van der Waals surface area contributed by atoms with Gasteiger partial charge in [0.2, 0.25) is 0 Å². The SMILES string of the molecule is CCN(COC)C(=O)c1ccccc1N. The number of rotatable bonds is 4. The minimum absolute atomic E-state index is 0.0996. The van der Waals surface area contributed by atoms with Gasteiger partial charge in [-0.05, 0) is 19.1 Å². The second-order valence-electron chi connectivity index (χ2n) is 3.17. The third-order valence-corrected chi connectivity index (χ3v) is 2.15. The molecular formula is C11H16N2O2. The molecule has 1 aromatic rings. The number of anilines is 1. The van der Waals surface area contributed by atoms with Crippen molar-refractivity contribution in [1.82, 2.24) is 4.90 Å². The standard InChI is InChI=1S/C11H16N2O2/c1-3-13(8-15-2)11(14)9-6-4-5-7-10(9)12/h4-7H,3,8,12H2,1-2H3. The maximum Gasteiger partial charge on any atom is 0.257 e. The van der Waals surface area contributed by atoms with E-state index < -0.39 is 0 Å². The summed E-state index contributed by atoms with van der Waals surface area (Å²) >= 11 is 0. The van der Waals surface area contributed by atoms with Gasteiger partial charge in [-0.2, -0.15) is 0 Å². The minimum Gasteiger partial charge on any atom is -0.398 e. The summed E-state index contributed by atoms with van der Waals surface area (Å²) in [6.45, 7) is 2.78.